The van der Waals surface area contributed by atoms with E-state index in [0.29, 0.717) is 12.5 Å². The lowest BCUT2D eigenvalue weighted by Crippen LogP contribution is -2.31. The van der Waals surface area contributed by atoms with Gasteiger partial charge in [-0.15, -0.1) is 0 Å². The summed E-state index contributed by atoms with van der Waals surface area (Å²) in [6, 6.07) is 4.98. The molecule has 0 saturated heterocycles. The first kappa shape index (κ1) is 11.9. The number of nitro groups is 1. The van der Waals surface area contributed by atoms with Gasteiger partial charge in [0.2, 0.25) is 0 Å². The topological polar surface area (TPSA) is 81.2 Å². The Balaban J connectivity index is 2.02. The lowest BCUT2D eigenvalue weighted by molar-refractivity contribution is -0.384. The lowest BCUT2D eigenvalue weighted by atomic mass is 10.1. The predicted octanol–water partition coefficient (Wildman–Crippen LogP) is 2.05. The highest BCUT2D eigenvalue weighted by molar-refractivity contribution is 5.56. The van der Waals surface area contributed by atoms with Crippen LogP contribution in [0.15, 0.2) is 18.2 Å². The largest absolute Gasteiger partial charge is 0.383 e. The Morgan fingerprint density at radius 1 is 1.59 bits per heavy atom. The van der Waals surface area contributed by atoms with Crippen LogP contribution >= 0.6 is 0 Å². The van der Waals surface area contributed by atoms with E-state index in [1.807, 2.05) is 6.92 Å². The molecule has 5 nitrogen and oxygen atoms in total. The molecule has 1 saturated carbocycles. The van der Waals surface area contributed by atoms with Crippen molar-refractivity contribution in [3.8, 4) is 0 Å². The number of aryl methyl sites for hydroxylation is 1. The molecule has 1 aromatic carbocycles. The molecule has 17 heavy (non-hydrogen) atoms. The van der Waals surface area contributed by atoms with Crippen LogP contribution in [0.5, 0.6) is 0 Å². The third kappa shape index (κ3) is 2.94. The van der Waals surface area contributed by atoms with Gasteiger partial charge in [-0.1, -0.05) is 6.07 Å². The van der Waals surface area contributed by atoms with Crippen molar-refractivity contribution in [1.29, 1.82) is 0 Å². The normalized spacial score (nSPS) is 16.6. The molecule has 0 heterocycles. The van der Waals surface area contributed by atoms with Crippen molar-refractivity contribution in [3.63, 3.8) is 0 Å². The summed E-state index contributed by atoms with van der Waals surface area (Å²) in [4.78, 5) is 10.3. The molecular formula is C12H17N3O2. The van der Waals surface area contributed by atoms with E-state index in [1.165, 1.54) is 18.9 Å². The van der Waals surface area contributed by atoms with Gasteiger partial charge in [0.15, 0.2) is 0 Å². The molecule has 1 atom stereocenters. The molecular weight excluding hydrogens is 218 g/mol. The van der Waals surface area contributed by atoms with Gasteiger partial charge in [-0.3, -0.25) is 10.1 Å². The van der Waals surface area contributed by atoms with Gasteiger partial charge in [-0.05, 0) is 31.2 Å². The van der Waals surface area contributed by atoms with Gasteiger partial charge >= 0.3 is 0 Å². The molecule has 5 heteroatoms. The Morgan fingerprint density at radius 2 is 2.29 bits per heavy atom. The molecule has 0 amide bonds. The SMILES string of the molecule is Cc1ccc([N+](=O)[O-])cc1NCC(N)C1CC1. The lowest BCUT2D eigenvalue weighted by Gasteiger charge is -2.14. The maximum atomic E-state index is 10.7. The standard InChI is InChI=1S/C12H17N3O2/c1-8-2-5-10(15(16)17)6-12(8)14-7-11(13)9-3-4-9/h2,5-6,9,11,14H,3-4,7,13H2,1H3. The summed E-state index contributed by atoms with van der Waals surface area (Å²) < 4.78 is 0. The van der Waals surface area contributed by atoms with E-state index in [1.54, 1.807) is 12.1 Å². The summed E-state index contributed by atoms with van der Waals surface area (Å²) in [5.41, 5.74) is 7.89. The summed E-state index contributed by atoms with van der Waals surface area (Å²) in [5, 5.41) is 13.9. The molecule has 92 valence electrons. The highest BCUT2D eigenvalue weighted by Gasteiger charge is 2.28. The van der Waals surface area contributed by atoms with E-state index < -0.39 is 0 Å². The molecule has 1 aromatic rings. The molecule has 0 aromatic heterocycles. The smallest absolute Gasteiger partial charge is 0.271 e. The minimum Gasteiger partial charge on any atom is -0.383 e. The molecule has 1 aliphatic rings. The number of nitro benzene ring substituents is 1. The van der Waals surface area contributed by atoms with E-state index in [2.05, 4.69) is 5.32 Å². The fraction of sp³-hybridized carbons (Fsp3) is 0.500. The summed E-state index contributed by atoms with van der Waals surface area (Å²) in [7, 11) is 0. The Hall–Kier alpha value is -1.62. The van der Waals surface area contributed by atoms with E-state index in [9.17, 15) is 10.1 Å². The second-order valence-corrected chi connectivity index (χ2v) is 4.64. The van der Waals surface area contributed by atoms with Crippen molar-refractivity contribution in [3.05, 3.63) is 33.9 Å². The van der Waals surface area contributed by atoms with Crippen molar-refractivity contribution in [1.82, 2.24) is 0 Å². The van der Waals surface area contributed by atoms with E-state index in [4.69, 9.17) is 5.73 Å². The summed E-state index contributed by atoms with van der Waals surface area (Å²) >= 11 is 0. The third-order valence-corrected chi connectivity index (χ3v) is 3.19. The molecule has 0 aliphatic heterocycles. The quantitative estimate of drug-likeness (QED) is 0.604. The second kappa shape index (κ2) is 4.71. The number of nitrogens with one attached hydrogen (secondary N) is 1. The van der Waals surface area contributed by atoms with Gasteiger partial charge in [-0.2, -0.15) is 0 Å². The van der Waals surface area contributed by atoms with Gasteiger partial charge in [0.1, 0.15) is 0 Å². The number of rotatable bonds is 5. The molecule has 2 rings (SSSR count). The van der Waals surface area contributed by atoms with Crippen LogP contribution in [0.25, 0.3) is 0 Å². The van der Waals surface area contributed by atoms with Crippen LogP contribution in [0.3, 0.4) is 0 Å². The highest BCUT2D eigenvalue weighted by Crippen LogP contribution is 2.31. The minimum absolute atomic E-state index is 0.109. The Bertz CT molecular complexity index is 430. The molecule has 0 radical (unpaired) electrons. The number of hydrogen-bond acceptors (Lipinski definition) is 4. The van der Waals surface area contributed by atoms with Crippen LogP contribution in [-0.2, 0) is 0 Å². The molecule has 1 fully saturated rings. The van der Waals surface area contributed by atoms with Gasteiger partial charge in [0.05, 0.1) is 4.92 Å². The average molecular weight is 235 g/mol. The first-order chi connectivity index (χ1) is 8.08. The third-order valence-electron chi connectivity index (χ3n) is 3.19. The molecule has 3 N–H and O–H groups in total. The zero-order valence-electron chi connectivity index (χ0n) is 9.85. The Labute approximate surface area is 100 Å². The Morgan fingerprint density at radius 3 is 2.88 bits per heavy atom. The number of nitrogens with two attached hydrogens (primary N) is 1. The first-order valence-electron chi connectivity index (χ1n) is 5.82. The molecule has 0 spiro atoms. The first-order valence-corrected chi connectivity index (χ1v) is 5.82. The maximum Gasteiger partial charge on any atom is 0.271 e. The monoisotopic (exact) mass is 235 g/mol. The van der Waals surface area contributed by atoms with Crippen LogP contribution in [0.4, 0.5) is 11.4 Å². The predicted molar refractivity (Wildman–Crippen MR) is 67.0 cm³/mol. The van der Waals surface area contributed by atoms with Crippen molar-refractivity contribution in [2.24, 2.45) is 11.7 Å². The fourth-order valence-electron chi connectivity index (χ4n) is 1.83. The van der Waals surface area contributed by atoms with Crippen LogP contribution in [0.2, 0.25) is 0 Å². The van der Waals surface area contributed by atoms with Crippen LogP contribution < -0.4 is 11.1 Å². The minimum atomic E-state index is -0.383. The summed E-state index contributed by atoms with van der Waals surface area (Å²) in [5.74, 6) is 0.626. The number of benzene rings is 1. The molecule has 1 aliphatic carbocycles. The van der Waals surface area contributed by atoms with Crippen LogP contribution in [-0.4, -0.2) is 17.5 Å². The average Bonchev–Trinajstić information content (AvgIpc) is 3.11. The maximum absolute atomic E-state index is 10.7. The number of hydrogen-bond donors (Lipinski definition) is 2. The highest BCUT2D eigenvalue weighted by atomic mass is 16.6. The molecule has 1 unspecified atom stereocenters. The van der Waals surface area contributed by atoms with Gasteiger partial charge in [0, 0.05) is 30.4 Å². The fourth-order valence-corrected chi connectivity index (χ4v) is 1.83. The number of nitrogens with zero attached hydrogens (tertiary/aromatic N) is 1. The van der Waals surface area contributed by atoms with Crippen molar-refractivity contribution >= 4 is 11.4 Å². The van der Waals surface area contributed by atoms with Crippen LogP contribution in [0.1, 0.15) is 18.4 Å². The van der Waals surface area contributed by atoms with E-state index >= 15 is 0 Å². The Kier molecular flexibility index (Phi) is 3.28. The van der Waals surface area contributed by atoms with Gasteiger partial charge in [0.25, 0.3) is 5.69 Å². The van der Waals surface area contributed by atoms with Gasteiger partial charge in [-0.25, -0.2) is 0 Å². The number of non-ortho nitro benzene ring substituents is 1. The number of anilines is 1. The van der Waals surface area contributed by atoms with Crippen LogP contribution in [0, 0.1) is 23.0 Å². The van der Waals surface area contributed by atoms with Crippen molar-refractivity contribution in [2.75, 3.05) is 11.9 Å². The van der Waals surface area contributed by atoms with E-state index in [-0.39, 0.29) is 16.7 Å². The second-order valence-electron chi connectivity index (χ2n) is 4.64. The van der Waals surface area contributed by atoms with Crippen molar-refractivity contribution < 1.29 is 4.92 Å². The zero-order valence-corrected chi connectivity index (χ0v) is 9.85. The summed E-state index contributed by atoms with van der Waals surface area (Å²) in [6.45, 7) is 2.60. The van der Waals surface area contributed by atoms with Crippen molar-refractivity contribution in [2.45, 2.75) is 25.8 Å². The zero-order chi connectivity index (χ0) is 12.4. The molecule has 0 bridgehead atoms. The van der Waals surface area contributed by atoms with Gasteiger partial charge < -0.3 is 11.1 Å². The summed E-state index contributed by atoms with van der Waals surface area (Å²) in [6.07, 6.45) is 2.41. The van der Waals surface area contributed by atoms with E-state index in [0.717, 1.165) is 11.3 Å².